The standard InChI is InChI=1S/C16H17N3O3S2/c1-2-21-7-4-6-19-15(20)12(18-16(19)23)9-11-10-24-14(17-11)13-5-3-8-22-13/h3,5,8-10H,2,4,6-7H2,1H3,(H,18,23). The summed E-state index contributed by atoms with van der Waals surface area (Å²) in [6.07, 6.45) is 4.06. The fraction of sp³-hybridized carbons (Fsp3) is 0.312. The van der Waals surface area contributed by atoms with Crippen LogP contribution in [0.25, 0.3) is 16.8 Å². The topological polar surface area (TPSA) is 67.6 Å². The van der Waals surface area contributed by atoms with Gasteiger partial charge < -0.3 is 14.5 Å². The van der Waals surface area contributed by atoms with E-state index in [4.69, 9.17) is 21.4 Å². The van der Waals surface area contributed by atoms with Crippen LogP contribution >= 0.6 is 23.6 Å². The van der Waals surface area contributed by atoms with Crippen molar-refractivity contribution >= 4 is 40.7 Å². The second kappa shape index (κ2) is 7.69. The summed E-state index contributed by atoms with van der Waals surface area (Å²) in [6, 6.07) is 3.67. The zero-order valence-corrected chi connectivity index (χ0v) is 14.8. The predicted octanol–water partition coefficient (Wildman–Crippen LogP) is 2.89. The molecule has 0 aliphatic carbocycles. The molecule has 0 aromatic carbocycles. The monoisotopic (exact) mass is 363 g/mol. The van der Waals surface area contributed by atoms with Crippen molar-refractivity contribution in [3.63, 3.8) is 0 Å². The van der Waals surface area contributed by atoms with Crippen LogP contribution in [-0.2, 0) is 9.53 Å². The molecule has 1 saturated heterocycles. The van der Waals surface area contributed by atoms with Crippen LogP contribution in [0.3, 0.4) is 0 Å². The summed E-state index contributed by atoms with van der Waals surface area (Å²) >= 11 is 6.70. The molecule has 3 rings (SSSR count). The first kappa shape index (κ1) is 16.8. The summed E-state index contributed by atoms with van der Waals surface area (Å²) < 4.78 is 10.6. The number of hydrogen-bond acceptors (Lipinski definition) is 6. The third-order valence-electron chi connectivity index (χ3n) is 3.38. The Bertz CT molecular complexity index is 752. The molecular weight excluding hydrogens is 346 g/mol. The van der Waals surface area contributed by atoms with Gasteiger partial charge in [0.05, 0.1) is 12.0 Å². The van der Waals surface area contributed by atoms with Gasteiger partial charge in [-0.1, -0.05) is 0 Å². The third kappa shape index (κ3) is 3.72. The molecule has 2 aromatic rings. The van der Waals surface area contributed by atoms with Crippen molar-refractivity contribution in [1.82, 2.24) is 15.2 Å². The molecule has 126 valence electrons. The van der Waals surface area contributed by atoms with Crippen molar-refractivity contribution in [2.24, 2.45) is 0 Å². The van der Waals surface area contributed by atoms with Gasteiger partial charge in [-0.3, -0.25) is 9.69 Å². The van der Waals surface area contributed by atoms with E-state index < -0.39 is 0 Å². The molecular formula is C16H17N3O3S2. The van der Waals surface area contributed by atoms with Crippen molar-refractivity contribution in [2.45, 2.75) is 13.3 Å². The largest absolute Gasteiger partial charge is 0.462 e. The van der Waals surface area contributed by atoms with E-state index in [9.17, 15) is 4.79 Å². The van der Waals surface area contributed by atoms with E-state index in [1.165, 1.54) is 11.3 Å². The van der Waals surface area contributed by atoms with Gasteiger partial charge in [0.2, 0.25) is 0 Å². The maximum Gasteiger partial charge on any atom is 0.276 e. The summed E-state index contributed by atoms with van der Waals surface area (Å²) in [5, 5.41) is 6.02. The lowest BCUT2D eigenvalue weighted by molar-refractivity contribution is -0.122. The zero-order valence-electron chi connectivity index (χ0n) is 13.2. The minimum absolute atomic E-state index is 0.135. The highest BCUT2D eigenvalue weighted by Crippen LogP contribution is 2.25. The average molecular weight is 363 g/mol. The summed E-state index contributed by atoms with van der Waals surface area (Å²) in [5.41, 5.74) is 1.13. The second-order valence-corrected chi connectivity index (χ2v) is 6.30. The zero-order chi connectivity index (χ0) is 16.9. The number of nitrogens with one attached hydrogen (secondary N) is 1. The van der Waals surface area contributed by atoms with Crippen molar-refractivity contribution < 1.29 is 13.9 Å². The number of hydrogen-bond donors (Lipinski definition) is 1. The molecule has 6 nitrogen and oxygen atoms in total. The number of thiocarbonyl (C=S) groups is 1. The average Bonchev–Trinajstić information content (AvgIpc) is 3.28. The summed E-state index contributed by atoms with van der Waals surface area (Å²) in [4.78, 5) is 18.5. The highest BCUT2D eigenvalue weighted by atomic mass is 32.1. The number of furan rings is 1. The van der Waals surface area contributed by atoms with Gasteiger partial charge >= 0.3 is 0 Å². The quantitative estimate of drug-likeness (QED) is 0.463. The number of carbonyl (C=O) groups is 1. The van der Waals surface area contributed by atoms with Gasteiger partial charge in [-0.15, -0.1) is 11.3 Å². The minimum atomic E-state index is -0.135. The van der Waals surface area contributed by atoms with E-state index in [0.29, 0.717) is 42.0 Å². The number of rotatable bonds is 7. The number of carbonyl (C=O) groups excluding carboxylic acids is 1. The highest BCUT2D eigenvalue weighted by molar-refractivity contribution is 7.80. The van der Waals surface area contributed by atoms with E-state index in [1.807, 2.05) is 24.4 Å². The SMILES string of the molecule is CCOCCCN1C(=O)C(=Cc2csc(-c3ccco3)n2)NC1=S. The molecule has 1 aliphatic heterocycles. The Hall–Kier alpha value is -2.03. The normalized spacial score (nSPS) is 16.2. The van der Waals surface area contributed by atoms with Crippen LogP contribution < -0.4 is 5.32 Å². The third-order valence-corrected chi connectivity index (χ3v) is 4.58. The fourth-order valence-corrected chi connectivity index (χ4v) is 3.29. The van der Waals surface area contributed by atoms with E-state index >= 15 is 0 Å². The smallest absolute Gasteiger partial charge is 0.276 e. The molecule has 3 heterocycles. The number of aromatic nitrogens is 1. The molecule has 0 bridgehead atoms. The van der Waals surface area contributed by atoms with Crippen LogP contribution in [0, 0.1) is 0 Å². The van der Waals surface area contributed by atoms with Crippen LogP contribution in [0.15, 0.2) is 33.9 Å². The molecule has 8 heteroatoms. The molecule has 0 atom stereocenters. The Morgan fingerprint density at radius 1 is 1.54 bits per heavy atom. The fourth-order valence-electron chi connectivity index (χ4n) is 2.26. The van der Waals surface area contributed by atoms with Crippen LogP contribution in [0.1, 0.15) is 19.0 Å². The molecule has 0 unspecified atom stereocenters. The van der Waals surface area contributed by atoms with Gasteiger partial charge in [-0.2, -0.15) is 0 Å². The van der Waals surface area contributed by atoms with Crippen molar-refractivity contribution in [2.75, 3.05) is 19.8 Å². The van der Waals surface area contributed by atoms with Crippen LogP contribution in [0.5, 0.6) is 0 Å². The maximum atomic E-state index is 12.4. The first-order valence-corrected chi connectivity index (χ1v) is 8.89. The van der Waals surface area contributed by atoms with Crippen LogP contribution in [-0.4, -0.2) is 40.7 Å². The lowest BCUT2D eigenvalue weighted by Gasteiger charge is -2.13. The van der Waals surface area contributed by atoms with E-state index in [2.05, 4.69) is 10.3 Å². The van der Waals surface area contributed by atoms with E-state index in [1.54, 1.807) is 17.2 Å². The maximum absolute atomic E-state index is 12.4. The van der Waals surface area contributed by atoms with E-state index in [-0.39, 0.29) is 5.91 Å². The lowest BCUT2D eigenvalue weighted by atomic mass is 10.3. The molecule has 24 heavy (non-hydrogen) atoms. The Balaban J connectivity index is 1.67. The lowest BCUT2D eigenvalue weighted by Crippen LogP contribution is -2.32. The predicted molar refractivity (Wildman–Crippen MR) is 96.3 cm³/mol. The Morgan fingerprint density at radius 2 is 2.42 bits per heavy atom. The number of nitrogens with zero attached hydrogens (tertiary/aromatic N) is 2. The molecule has 0 saturated carbocycles. The van der Waals surface area contributed by atoms with Gasteiger partial charge in [0.25, 0.3) is 5.91 Å². The van der Waals surface area contributed by atoms with Gasteiger partial charge in [0.1, 0.15) is 5.70 Å². The summed E-state index contributed by atoms with van der Waals surface area (Å²) in [5.74, 6) is 0.576. The molecule has 1 fully saturated rings. The highest BCUT2D eigenvalue weighted by Gasteiger charge is 2.30. The molecule has 0 spiro atoms. The number of ether oxygens (including phenoxy) is 1. The Kier molecular flexibility index (Phi) is 5.39. The molecule has 1 N–H and O–H groups in total. The minimum Gasteiger partial charge on any atom is -0.462 e. The van der Waals surface area contributed by atoms with Gasteiger partial charge in [0.15, 0.2) is 15.9 Å². The van der Waals surface area contributed by atoms with Crippen molar-refractivity contribution in [1.29, 1.82) is 0 Å². The van der Waals surface area contributed by atoms with Gasteiger partial charge in [-0.05, 0) is 43.8 Å². The van der Waals surface area contributed by atoms with Crippen LogP contribution in [0.2, 0.25) is 0 Å². The Morgan fingerprint density at radius 3 is 3.17 bits per heavy atom. The van der Waals surface area contributed by atoms with Crippen molar-refractivity contribution in [3.05, 3.63) is 35.2 Å². The first-order valence-electron chi connectivity index (χ1n) is 7.60. The second-order valence-electron chi connectivity index (χ2n) is 5.05. The summed E-state index contributed by atoms with van der Waals surface area (Å²) in [6.45, 7) is 3.76. The first-order chi connectivity index (χ1) is 11.7. The summed E-state index contributed by atoms with van der Waals surface area (Å²) in [7, 11) is 0. The molecule has 0 radical (unpaired) electrons. The number of thiazole rings is 1. The van der Waals surface area contributed by atoms with Gasteiger partial charge in [-0.25, -0.2) is 4.98 Å². The molecule has 2 aromatic heterocycles. The molecule has 1 amide bonds. The van der Waals surface area contributed by atoms with Crippen LogP contribution in [0.4, 0.5) is 0 Å². The number of amides is 1. The Labute approximate surface area is 149 Å². The van der Waals surface area contributed by atoms with Gasteiger partial charge in [0, 0.05) is 25.1 Å². The van der Waals surface area contributed by atoms with Crippen molar-refractivity contribution in [3.8, 4) is 10.8 Å². The molecule has 1 aliphatic rings. The van der Waals surface area contributed by atoms with E-state index in [0.717, 1.165) is 11.4 Å².